The van der Waals surface area contributed by atoms with E-state index in [-0.39, 0.29) is 24.5 Å². The number of rotatable bonds is 5. The highest BCUT2D eigenvalue weighted by Gasteiger charge is 2.71. The van der Waals surface area contributed by atoms with Gasteiger partial charge in [0.1, 0.15) is 0 Å². The van der Waals surface area contributed by atoms with Crippen molar-refractivity contribution in [2.75, 3.05) is 20.3 Å². The second-order valence-corrected chi connectivity index (χ2v) is 10.2. The van der Waals surface area contributed by atoms with Gasteiger partial charge < -0.3 is 29.2 Å². The van der Waals surface area contributed by atoms with E-state index in [0.29, 0.717) is 25.3 Å². The van der Waals surface area contributed by atoms with Crippen LogP contribution in [-0.2, 0) is 34.3 Å². The van der Waals surface area contributed by atoms with E-state index < -0.39 is 11.0 Å². The minimum Gasteiger partial charge on any atom is -0.493 e. The highest BCUT2D eigenvalue weighted by atomic mass is 16.5. The van der Waals surface area contributed by atoms with Gasteiger partial charge in [-0.15, -0.1) is 0 Å². The molecule has 2 bridgehead atoms. The minimum absolute atomic E-state index is 0.0519. The SMILES string of the molecule is CCOC(=O)CCn1c2c(c3ccccc31)C[C@@]1(O)[C@H]3Cc4ccc(OC)c5c4[C@@]1(CCN3)[C@H]2O5. The minimum atomic E-state index is -0.983. The van der Waals surface area contributed by atoms with Crippen LogP contribution in [0.25, 0.3) is 10.9 Å². The van der Waals surface area contributed by atoms with Crippen molar-refractivity contribution in [3.8, 4) is 11.5 Å². The fourth-order valence-corrected chi connectivity index (χ4v) is 7.59. The zero-order chi connectivity index (χ0) is 23.9. The number of methoxy groups -OCH3 is 1. The molecular formula is C28H30N2O5. The molecule has 2 N–H and O–H groups in total. The van der Waals surface area contributed by atoms with E-state index in [9.17, 15) is 9.90 Å². The van der Waals surface area contributed by atoms with Gasteiger partial charge in [-0.3, -0.25) is 4.79 Å². The fourth-order valence-electron chi connectivity index (χ4n) is 7.59. The van der Waals surface area contributed by atoms with Gasteiger partial charge in [-0.2, -0.15) is 0 Å². The highest BCUT2D eigenvalue weighted by molar-refractivity contribution is 5.87. The van der Waals surface area contributed by atoms with Gasteiger partial charge in [0, 0.05) is 35.5 Å². The summed E-state index contributed by atoms with van der Waals surface area (Å²) < 4.78 is 20.1. The molecule has 2 aliphatic carbocycles. The van der Waals surface area contributed by atoms with Crippen molar-refractivity contribution in [1.29, 1.82) is 0 Å². The van der Waals surface area contributed by atoms with Crippen LogP contribution in [-0.4, -0.2) is 47.5 Å². The van der Waals surface area contributed by atoms with E-state index in [4.69, 9.17) is 14.2 Å². The van der Waals surface area contributed by atoms with Gasteiger partial charge >= 0.3 is 5.97 Å². The van der Waals surface area contributed by atoms with Crippen LogP contribution in [0.15, 0.2) is 36.4 Å². The molecular weight excluding hydrogens is 444 g/mol. The molecule has 1 saturated heterocycles. The van der Waals surface area contributed by atoms with Crippen LogP contribution >= 0.6 is 0 Å². The van der Waals surface area contributed by atoms with E-state index in [2.05, 4.69) is 28.1 Å². The number of fused-ring (bicyclic) bond motifs is 4. The molecule has 3 heterocycles. The summed E-state index contributed by atoms with van der Waals surface area (Å²) in [7, 11) is 1.67. The lowest BCUT2D eigenvalue weighted by Crippen LogP contribution is -2.73. The number of benzene rings is 2. The molecule has 0 amide bonds. The molecule has 7 heteroatoms. The Labute approximate surface area is 204 Å². The number of hydrogen-bond acceptors (Lipinski definition) is 6. The number of aromatic nitrogens is 1. The monoisotopic (exact) mass is 474 g/mol. The second-order valence-electron chi connectivity index (χ2n) is 10.2. The van der Waals surface area contributed by atoms with E-state index in [1.54, 1.807) is 7.11 Å². The molecule has 1 fully saturated rings. The van der Waals surface area contributed by atoms with Crippen LogP contribution in [0, 0.1) is 0 Å². The number of piperidine rings is 1. The largest absolute Gasteiger partial charge is 0.493 e. The Kier molecular flexibility index (Phi) is 4.40. The Balaban J connectivity index is 1.49. The summed E-state index contributed by atoms with van der Waals surface area (Å²) >= 11 is 0. The van der Waals surface area contributed by atoms with Crippen molar-refractivity contribution in [1.82, 2.24) is 9.88 Å². The normalized spacial score (nSPS) is 29.3. The van der Waals surface area contributed by atoms with Crippen molar-refractivity contribution in [2.45, 2.75) is 62.3 Å². The van der Waals surface area contributed by atoms with Gasteiger partial charge in [0.05, 0.1) is 36.8 Å². The predicted octanol–water partition coefficient (Wildman–Crippen LogP) is 3.18. The molecule has 1 spiro atoms. The van der Waals surface area contributed by atoms with E-state index >= 15 is 0 Å². The smallest absolute Gasteiger partial charge is 0.307 e. The average molecular weight is 475 g/mol. The van der Waals surface area contributed by atoms with Crippen LogP contribution in [0.5, 0.6) is 11.5 Å². The lowest BCUT2D eigenvalue weighted by molar-refractivity contribution is -0.143. The van der Waals surface area contributed by atoms with E-state index in [1.807, 2.05) is 25.1 Å². The first-order valence-corrected chi connectivity index (χ1v) is 12.6. The molecule has 0 saturated carbocycles. The van der Waals surface area contributed by atoms with Gasteiger partial charge in [0.15, 0.2) is 17.6 Å². The van der Waals surface area contributed by atoms with Crippen LogP contribution in [0.4, 0.5) is 0 Å². The average Bonchev–Trinajstić information content (AvgIpc) is 3.35. The maximum atomic E-state index is 12.6. The molecule has 0 radical (unpaired) electrons. The third kappa shape index (κ3) is 2.50. The van der Waals surface area contributed by atoms with Crippen molar-refractivity contribution >= 4 is 16.9 Å². The van der Waals surface area contributed by atoms with Crippen molar-refractivity contribution in [3.63, 3.8) is 0 Å². The first kappa shape index (κ1) is 21.3. The number of aryl methyl sites for hydroxylation is 1. The van der Waals surface area contributed by atoms with Crippen molar-refractivity contribution in [2.24, 2.45) is 0 Å². The molecule has 4 aliphatic rings. The lowest BCUT2D eigenvalue weighted by atomic mass is 9.49. The van der Waals surface area contributed by atoms with Gasteiger partial charge in [-0.25, -0.2) is 0 Å². The van der Waals surface area contributed by atoms with Crippen LogP contribution in [0.1, 0.15) is 48.3 Å². The van der Waals surface area contributed by atoms with Gasteiger partial charge in [0.2, 0.25) is 0 Å². The Bertz CT molecular complexity index is 1380. The summed E-state index contributed by atoms with van der Waals surface area (Å²) in [5, 5.41) is 17.4. The topological polar surface area (TPSA) is 82.0 Å². The molecule has 2 aliphatic heterocycles. The number of hydrogen-bond donors (Lipinski definition) is 2. The quantitative estimate of drug-likeness (QED) is 0.553. The van der Waals surface area contributed by atoms with Crippen LogP contribution in [0.2, 0.25) is 0 Å². The third-order valence-electron chi connectivity index (χ3n) is 8.90. The van der Waals surface area contributed by atoms with Crippen LogP contribution in [0.3, 0.4) is 0 Å². The summed E-state index contributed by atoms with van der Waals surface area (Å²) in [5.74, 6) is 1.27. The number of aliphatic hydroxyl groups is 1. The third-order valence-corrected chi connectivity index (χ3v) is 8.90. The number of carbonyl (C=O) groups is 1. The summed E-state index contributed by atoms with van der Waals surface area (Å²) in [6.45, 7) is 3.53. The fraction of sp³-hybridized carbons (Fsp3) is 0.464. The number of nitrogens with zero attached hydrogens (tertiary/aromatic N) is 1. The molecule has 3 aromatic rings. The Morgan fingerprint density at radius 3 is 2.97 bits per heavy atom. The number of para-hydroxylation sites is 1. The summed E-state index contributed by atoms with van der Waals surface area (Å²) in [6, 6.07) is 12.4. The molecule has 4 atom stereocenters. The molecule has 7 nitrogen and oxygen atoms in total. The number of nitrogens with one attached hydrogen (secondary N) is 1. The highest BCUT2D eigenvalue weighted by Crippen LogP contribution is 2.68. The molecule has 1 aromatic heterocycles. The van der Waals surface area contributed by atoms with Crippen LogP contribution < -0.4 is 14.8 Å². The summed E-state index contributed by atoms with van der Waals surface area (Å²) in [4.78, 5) is 12.3. The van der Waals surface area contributed by atoms with Crippen molar-refractivity contribution < 1.29 is 24.1 Å². The van der Waals surface area contributed by atoms with Gasteiger partial charge in [-0.1, -0.05) is 24.3 Å². The maximum absolute atomic E-state index is 12.6. The molecule has 35 heavy (non-hydrogen) atoms. The predicted molar refractivity (Wildman–Crippen MR) is 130 cm³/mol. The summed E-state index contributed by atoms with van der Waals surface area (Å²) in [5.41, 5.74) is 4.06. The molecule has 182 valence electrons. The summed E-state index contributed by atoms with van der Waals surface area (Å²) in [6.07, 6.45) is 2.01. The number of carbonyl (C=O) groups excluding carboxylic acids is 1. The number of esters is 1. The first-order chi connectivity index (χ1) is 17.0. The Hall–Kier alpha value is -3.03. The van der Waals surface area contributed by atoms with E-state index in [1.165, 1.54) is 5.56 Å². The lowest BCUT2D eigenvalue weighted by Gasteiger charge is -2.60. The van der Waals surface area contributed by atoms with E-state index in [0.717, 1.165) is 52.9 Å². The van der Waals surface area contributed by atoms with Crippen molar-refractivity contribution in [3.05, 3.63) is 58.8 Å². The maximum Gasteiger partial charge on any atom is 0.307 e. The Morgan fingerprint density at radius 1 is 1.29 bits per heavy atom. The Morgan fingerprint density at radius 2 is 2.14 bits per heavy atom. The zero-order valence-electron chi connectivity index (χ0n) is 20.1. The molecule has 7 rings (SSSR count). The standard InChI is InChI=1S/C28H30N2O5/c1-3-34-22(31)10-13-30-19-7-5-4-6-17(19)18-15-28(32)21-14-16-8-9-20(33-2)25-23(16)27(28,11-12-29-21)26(35-25)24(18)30/h4-9,21,26,29,32H,3,10-15H2,1-2H3/t21-,26+,27+,28-/m1/s1. The molecule has 2 aromatic carbocycles. The second kappa shape index (κ2) is 7.24. The zero-order valence-corrected chi connectivity index (χ0v) is 20.1. The van der Waals surface area contributed by atoms with Gasteiger partial charge in [-0.05, 0) is 49.6 Å². The molecule has 0 unspecified atom stereocenters. The van der Waals surface area contributed by atoms with Gasteiger partial charge in [0.25, 0.3) is 0 Å². The first-order valence-electron chi connectivity index (χ1n) is 12.6. The number of ether oxygens (including phenoxy) is 3.